The van der Waals surface area contributed by atoms with Gasteiger partial charge in [-0.2, -0.15) is 0 Å². The average Bonchev–Trinajstić information content (AvgIpc) is 0.653. The van der Waals surface area contributed by atoms with Crippen molar-refractivity contribution in [1.82, 2.24) is 0 Å². The summed E-state index contributed by atoms with van der Waals surface area (Å²) in [6.07, 6.45) is 7.11. The molecule has 4 aliphatic rings. The lowest BCUT2D eigenvalue weighted by molar-refractivity contribution is -0.660. The molecule has 0 saturated carbocycles. The van der Waals surface area contributed by atoms with E-state index in [2.05, 4.69) is 339 Å². The summed E-state index contributed by atoms with van der Waals surface area (Å²) in [6, 6.07) is 79.2. The van der Waals surface area contributed by atoms with E-state index in [1.165, 1.54) is 160 Å². The number of hydrogen-bond donors (Lipinski definition) is 0. The van der Waals surface area contributed by atoms with Crippen LogP contribution in [0.3, 0.4) is 0 Å². The predicted molar refractivity (Wildman–Crippen MR) is 545 cm³/mol. The Morgan fingerprint density at radius 2 is 0.484 bits per heavy atom. The van der Waals surface area contributed by atoms with Crippen LogP contribution in [0.1, 0.15) is 238 Å². The lowest BCUT2D eigenvalue weighted by Crippen LogP contribution is -2.44. The highest BCUT2D eigenvalue weighted by Crippen LogP contribution is 2.63. The second-order valence-electron chi connectivity index (χ2n) is 42.0. The fraction of sp³-hybridized carbons (Fsp3) is 0.323. The molecule has 4 heteroatoms. The molecule has 0 N–H and O–H groups in total. The molecule has 128 heavy (non-hydrogen) atoms. The molecule has 0 spiro atoms. The molecule has 0 fully saturated rings. The van der Waals surface area contributed by atoms with Gasteiger partial charge < -0.3 is 0 Å². The number of fused-ring (bicyclic) bond motifs is 19. The van der Waals surface area contributed by atoms with Gasteiger partial charge in [-0.3, -0.25) is 0 Å². The standard InChI is InChI=1S/4C31H34N/c1-19-17-27(32(8)18-20(19)2)23-14-15-25-28-24-12-10-9-11-22(24)13-16-26(28)30(4,5)31(6,7)29(25)21(23)3;1-19-13-15-24-28-23-12-10-9-11-22(23)14-16-25(28)30(4,5)31(6,7)29(24)27(19)26-17-20(2)21(3)18-32(26)8;1-19-15-28(32(8)18-20(19)2)24-13-14-25-26-16-22-11-9-10-12-23(22)17-27(26)30(4,5)31(6,7)29(25)21(24)3;1-19-17-27(32(8)18-20(19)2)23-15-16-25-26-14-13-22-11-9-10-12-24(22)29(26)31(6,7)30(4,5)28(25)21(23)3/h4*9-18H,1-8H3/q4*+1/i2D3;3D3;2*2D3. The van der Waals surface area contributed by atoms with E-state index in [0.29, 0.717) is 22.3 Å². The number of nitrogens with zero attached hydrogens (tertiary/aromatic N) is 4. The zero-order chi connectivity index (χ0) is 102. The van der Waals surface area contributed by atoms with E-state index < -0.39 is 27.4 Å². The van der Waals surface area contributed by atoms with Crippen LogP contribution in [0.15, 0.2) is 243 Å². The molecule has 0 atom stereocenters. The summed E-state index contributed by atoms with van der Waals surface area (Å²) in [4.78, 5) is 0. The maximum absolute atomic E-state index is 7.97. The molecule has 648 valence electrons. The van der Waals surface area contributed by atoms with Gasteiger partial charge in [-0.05, 0) is 322 Å². The van der Waals surface area contributed by atoms with Gasteiger partial charge in [0.1, 0.15) is 28.2 Å². The van der Waals surface area contributed by atoms with Gasteiger partial charge in [-0.15, -0.1) is 0 Å². The van der Waals surface area contributed by atoms with Gasteiger partial charge in [-0.1, -0.05) is 275 Å². The molecule has 0 unspecified atom stereocenters. The van der Waals surface area contributed by atoms with Crippen molar-refractivity contribution in [3.05, 3.63) is 354 Å². The first-order valence-corrected chi connectivity index (χ1v) is 45.8. The summed E-state index contributed by atoms with van der Waals surface area (Å²) >= 11 is 0. The second kappa shape index (κ2) is 31.0. The van der Waals surface area contributed by atoms with Crippen molar-refractivity contribution in [3.8, 4) is 89.5 Å². The Hall–Kier alpha value is -11.7. The first kappa shape index (κ1) is 74.2. The Labute approximate surface area is 782 Å². The SMILES string of the molecule is [2H]C([2H])([2H])c1c[n+](C)c(-c2c(C)ccc3c2C(C)(C)C(C)(C)c2ccc4ccccc4c2-3)cc1C.[2H]C([2H])([2H])c1c[n+](C)c(-c2ccc3c(c2C)C(C)(C)C(C)(C)c2c-3ccc3ccccc23)cc1C.[2H]C([2H])([2H])c1c[n+](C)c(-c2ccc3c(c2C)C(C)(C)C(C)(C)c2cc4ccccc4cc2-3)cc1C.[2H]C([2H])([2H])c1c[n+](C)c(-c2ccc3c(c2C)C(C)(C)C(C)(C)c2ccc4ccccc4c2-3)cc1C. The topological polar surface area (TPSA) is 15.5 Å². The first-order valence-electron chi connectivity index (χ1n) is 51.8. The summed E-state index contributed by atoms with van der Waals surface area (Å²) in [5, 5.41) is 10.2. The van der Waals surface area contributed by atoms with Crippen LogP contribution in [-0.4, -0.2) is 0 Å². The van der Waals surface area contributed by atoms with Crippen molar-refractivity contribution in [2.75, 3.05) is 0 Å². The smallest absolute Gasteiger partial charge is 0.201 e. The van der Waals surface area contributed by atoms with E-state index in [9.17, 15) is 0 Å². The van der Waals surface area contributed by atoms with Crippen LogP contribution < -0.4 is 18.3 Å². The van der Waals surface area contributed by atoms with Gasteiger partial charge in [0.15, 0.2) is 24.8 Å². The fourth-order valence-electron chi connectivity index (χ4n) is 22.9. The highest BCUT2D eigenvalue weighted by atomic mass is 14.9. The quantitative estimate of drug-likeness (QED) is 0.156. The van der Waals surface area contributed by atoms with E-state index in [4.69, 9.17) is 16.4 Å². The highest BCUT2D eigenvalue weighted by Gasteiger charge is 2.53. The molecule has 0 amide bonds. The summed E-state index contributed by atoms with van der Waals surface area (Å²) in [5.41, 5.74) is 39.3. The molecular weight excluding hydrogens is 1550 g/mol. The van der Waals surface area contributed by atoms with Gasteiger partial charge in [0.05, 0.1) is 5.56 Å². The van der Waals surface area contributed by atoms with E-state index in [1.807, 2.05) is 92.4 Å². The average molecular weight is 1690 g/mol. The zero-order valence-corrected chi connectivity index (χ0v) is 80.9. The fourth-order valence-corrected chi connectivity index (χ4v) is 22.9. The maximum Gasteiger partial charge on any atom is 0.213 e. The molecule has 4 heterocycles. The minimum Gasteiger partial charge on any atom is -0.201 e. The number of benzene rings is 12. The minimum absolute atomic E-state index is 0.0774. The number of hydrogen-bond acceptors (Lipinski definition) is 0. The van der Waals surface area contributed by atoms with Crippen molar-refractivity contribution in [3.63, 3.8) is 0 Å². The molecule has 0 bridgehead atoms. The van der Waals surface area contributed by atoms with Crippen molar-refractivity contribution in [2.45, 2.75) is 237 Å². The van der Waals surface area contributed by atoms with Gasteiger partial charge >= 0.3 is 0 Å². The van der Waals surface area contributed by atoms with E-state index >= 15 is 0 Å². The third-order valence-electron chi connectivity index (χ3n) is 33.0. The summed E-state index contributed by atoms with van der Waals surface area (Å²) in [7, 11) is 7.80. The maximum atomic E-state index is 7.97. The molecule has 0 saturated heterocycles. The van der Waals surface area contributed by atoms with Gasteiger partial charge in [0.25, 0.3) is 0 Å². The van der Waals surface area contributed by atoms with Crippen molar-refractivity contribution < 1.29 is 34.7 Å². The van der Waals surface area contributed by atoms with E-state index in [-0.39, 0.29) is 43.3 Å². The van der Waals surface area contributed by atoms with E-state index in [0.717, 1.165) is 61.7 Å². The van der Waals surface area contributed by atoms with Gasteiger partial charge in [0, 0.05) is 90.5 Å². The van der Waals surface area contributed by atoms with Crippen LogP contribution >= 0.6 is 0 Å². The largest absolute Gasteiger partial charge is 0.213 e. The monoisotopic (exact) mass is 1690 g/mol. The van der Waals surface area contributed by atoms with Crippen molar-refractivity contribution in [2.24, 2.45) is 28.2 Å². The third-order valence-corrected chi connectivity index (χ3v) is 33.0. The molecule has 16 aromatic rings. The molecule has 0 aliphatic heterocycles. The van der Waals surface area contributed by atoms with Crippen LogP contribution in [-0.2, 0) is 71.5 Å². The Morgan fingerprint density at radius 3 is 0.914 bits per heavy atom. The Kier molecular flexibility index (Phi) is 18.0. The van der Waals surface area contributed by atoms with Crippen LogP contribution in [0.25, 0.3) is 133 Å². The van der Waals surface area contributed by atoms with Crippen molar-refractivity contribution in [1.29, 1.82) is 0 Å². The first-order chi connectivity index (χ1) is 65.0. The lowest BCUT2D eigenvalue weighted by Gasteiger charge is -2.49. The summed E-state index contributed by atoms with van der Waals surface area (Å²) < 4.78 is 103. The van der Waals surface area contributed by atoms with Crippen LogP contribution in [0.5, 0.6) is 0 Å². The Bertz CT molecular complexity index is 7720. The van der Waals surface area contributed by atoms with Crippen LogP contribution in [0.2, 0.25) is 0 Å². The highest BCUT2D eigenvalue weighted by molar-refractivity contribution is 6.05. The third kappa shape index (κ3) is 13.4. The van der Waals surface area contributed by atoms with Crippen LogP contribution in [0, 0.1) is 82.8 Å². The molecule has 20 rings (SSSR count). The van der Waals surface area contributed by atoms with Crippen molar-refractivity contribution >= 4 is 43.1 Å². The van der Waals surface area contributed by atoms with Crippen LogP contribution in [0.4, 0.5) is 0 Å². The predicted octanol–water partition coefficient (Wildman–Crippen LogP) is 30.0. The number of pyridine rings is 4. The summed E-state index contributed by atoms with van der Waals surface area (Å²) in [5.74, 6) is 0. The Morgan fingerprint density at radius 1 is 0.203 bits per heavy atom. The normalized spacial score (nSPS) is 17.8. The molecule has 4 aliphatic carbocycles. The molecule has 12 aromatic carbocycles. The molecular formula is C124H136N4+4. The number of aryl methyl sites for hydroxylation is 13. The number of rotatable bonds is 4. The van der Waals surface area contributed by atoms with Gasteiger partial charge in [-0.25, -0.2) is 18.3 Å². The second-order valence-corrected chi connectivity index (χ2v) is 42.0. The van der Waals surface area contributed by atoms with E-state index in [1.54, 1.807) is 24.8 Å². The molecule has 4 nitrogen and oxygen atoms in total. The summed E-state index contributed by atoms with van der Waals surface area (Å²) in [6.45, 7) is 45.8. The number of aromatic nitrogens is 4. The zero-order valence-electron chi connectivity index (χ0n) is 92.9. The minimum atomic E-state index is -2.13. The van der Waals surface area contributed by atoms with Gasteiger partial charge in [0.2, 0.25) is 22.8 Å². The molecule has 4 aromatic heterocycles. The molecule has 0 radical (unpaired) electrons. The Balaban J connectivity index is 0.000000129. The lowest BCUT2D eigenvalue weighted by atomic mass is 9.54.